The standard InChI is InChI=1S/C21H17Cl2NO4/c22-15-8-9-17(18(23)12-15)20(25)24(13-16-7-4-10-28-16)19(21(26)27)11-14-5-2-1-3-6-14/h1-10,12,19H,11,13H2,(H,26,27). The van der Waals surface area contributed by atoms with Gasteiger partial charge in [-0.2, -0.15) is 0 Å². The Bertz CT molecular complexity index is 958. The van der Waals surface area contributed by atoms with E-state index in [4.69, 9.17) is 27.6 Å². The van der Waals surface area contributed by atoms with Crippen LogP contribution in [0.1, 0.15) is 21.7 Å². The topological polar surface area (TPSA) is 70.8 Å². The lowest BCUT2D eigenvalue weighted by molar-refractivity contribution is -0.142. The van der Waals surface area contributed by atoms with Crippen LogP contribution in [0, 0.1) is 0 Å². The molecule has 5 nitrogen and oxygen atoms in total. The molecule has 144 valence electrons. The molecule has 2 aromatic carbocycles. The summed E-state index contributed by atoms with van der Waals surface area (Å²) in [6.45, 7) is -0.00537. The summed E-state index contributed by atoms with van der Waals surface area (Å²) in [5.74, 6) is -1.16. The molecule has 3 aromatic rings. The largest absolute Gasteiger partial charge is 0.480 e. The van der Waals surface area contributed by atoms with Gasteiger partial charge in [-0.05, 0) is 35.9 Å². The molecule has 0 fully saturated rings. The average molecular weight is 418 g/mol. The summed E-state index contributed by atoms with van der Waals surface area (Å²) >= 11 is 12.1. The van der Waals surface area contributed by atoms with Crippen LogP contribution in [-0.2, 0) is 17.8 Å². The summed E-state index contributed by atoms with van der Waals surface area (Å²) in [5.41, 5.74) is 0.978. The van der Waals surface area contributed by atoms with Crippen LogP contribution < -0.4 is 0 Å². The summed E-state index contributed by atoms with van der Waals surface area (Å²) in [6.07, 6.45) is 1.62. The van der Waals surface area contributed by atoms with Crippen LogP contribution in [0.4, 0.5) is 0 Å². The second-order valence-electron chi connectivity index (χ2n) is 6.18. The van der Waals surface area contributed by atoms with Gasteiger partial charge >= 0.3 is 5.97 Å². The van der Waals surface area contributed by atoms with E-state index < -0.39 is 17.9 Å². The second kappa shape index (κ2) is 8.95. The highest BCUT2D eigenvalue weighted by Gasteiger charge is 2.32. The van der Waals surface area contributed by atoms with Crippen LogP contribution in [0.25, 0.3) is 0 Å². The van der Waals surface area contributed by atoms with Crippen molar-refractivity contribution in [2.75, 3.05) is 0 Å². The van der Waals surface area contributed by atoms with Gasteiger partial charge in [-0.1, -0.05) is 53.5 Å². The maximum atomic E-state index is 13.2. The molecule has 0 saturated heterocycles. The van der Waals surface area contributed by atoms with Crippen molar-refractivity contribution < 1.29 is 19.1 Å². The third-order valence-electron chi connectivity index (χ3n) is 4.26. The van der Waals surface area contributed by atoms with E-state index >= 15 is 0 Å². The Morgan fingerprint density at radius 2 is 1.79 bits per heavy atom. The number of aliphatic carboxylic acids is 1. The summed E-state index contributed by atoms with van der Waals surface area (Å²) in [6, 6.07) is 15.9. The van der Waals surface area contributed by atoms with Gasteiger partial charge < -0.3 is 14.4 Å². The lowest BCUT2D eigenvalue weighted by Crippen LogP contribution is -2.46. The molecule has 1 amide bonds. The molecule has 1 N–H and O–H groups in total. The number of carboxylic acids is 1. The SMILES string of the molecule is O=C(O)C(Cc1ccccc1)N(Cc1ccco1)C(=O)c1ccc(Cl)cc1Cl. The van der Waals surface area contributed by atoms with Crippen molar-refractivity contribution in [2.24, 2.45) is 0 Å². The zero-order chi connectivity index (χ0) is 20.1. The van der Waals surface area contributed by atoms with Crippen LogP contribution in [0.15, 0.2) is 71.3 Å². The lowest BCUT2D eigenvalue weighted by atomic mass is 10.0. The van der Waals surface area contributed by atoms with Crippen molar-refractivity contribution in [2.45, 2.75) is 19.0 Å². The smallest absolute Gasteiger partial charge is 0.326 e. The van der Waals surface area contributed by atoms with Gasteiger partial charge in [-0.25, -0.2) is 4.79 Å². The minimum Gasteiger partial charge on any atom is -0.480 e. The molecule has 0 aliphatic rings. The third-order valence-corrected chi connectivity index (χ3v) is 4.81. The number of halogens is 2. The molecule has 0 aliphatic heterocycles. The highest BCUT2D eigenvalue weighted by molar-refractivity contribution is 6.36. The maximum Gasteiger partial charge on any atom is 0.326 e. The number of hydrogen-bond acceptors (Lipinski definition) is 3. The van der Waals surface area contributed by atoms with Crippen LogP contribution >= 0.6 is 23.2 Å². The molecule has 1 aromatic heterocycles. The fourth-order valence-electron chi connectivity index (χ4n) is 2.88. The number of carbonyl (C=O) groups excluding carboxylic acids is 1. The predicted octanol–water partition coefficient (Wildman–Crippen LogP) is 4.92. The van der Waals surface area contributed by atoms with E-state index in [2.05, 4.69) is 0 Å². The van der Waals surface area contributed by atoms with Gasteiger partial charge in [0.05, 0.1) is 23.4 Å². The van der Waals surface area contributed by atoms with E-state index in [1.165, 1.54) is 23.3 Å². The Kier molecular flexibility index (Phi) is 6.39. The van der Waals surface area contributed by atoms with Gasteiger partial charge in [0.1, 0.15) is 11.8 Å². The Hall–Kier alpha value is -2.76. The summed E-state index contributed by atoms with van der Waals surface area (Å²) in [7, 11) is 0. The zero-order valence-corrected chi connectivity index (χ0v) is 16.2. The highest BCUT2D eigenvalue weighted by atomic mass is 35.5. The molecular formula is C21H17Cl2NO4. The molecule has 7 heteroatoms. The number of nitrogens with zero attached hydrogens (tertiary/aromatic N) is 1. The van der Waals surface area contributed by atoms with Gasteiger partial charge in [0.25, 0.3) is 5.91 Å². The van der Waals surface area contributed by atoms with Crippen LogP contribution in [-0.4, -0.2) is 27.9 Å². The maximum absolute atomic E-state index is 13.2. The van der Waals surface area contributed by atoms with Crippen molar-refractivity contribution in [1.29, 1.82) is 0 Å². The van der Waals surface area contributed by atoms with Gasteiger partial charge in [0.15, 0.2) is 0 Å². The number of hydrogen-bond donors (Lipinski definition) is 1. The summed E-state index contributed by atoms with van der Waals surface area (Å²) in [4.78, 5) is 26.6. The minimum absolute atomic E-state index is 0.00537. The molecule has 0 aliphatic carbocycles. The van der Waals surface area contributed by atoms with Crippen molar-refractivity contribution in [3.63, 3.8) is 0 Å². The molecule has 1 atom stereocenters. The third kappa shape index (κ3) is 4.74. The van der Waals surface area contributed by atoms with Crippen molar-refractivity contribution in [3.05, 3.63) is 93.9 Å². The van der Waals surface area contributed by atoms with Crippen molar-refractivity contribution in [1.82, 2.24) is 4.90 Å². The highest BCUT2D eigenvalue weighted by Crippen LogP contribution is 2.25. The molecule has 28 heavy (non-hydrogen) atoms. The molecule has 0 saturated carbocycles. The molecule has 3 rings (SSSR count). The van der Waals surface area contributed by atoms with E-state index in [1.54, 1.807) is 18.2 Å². The Morgan fingerprint density at radius 1 is 1.04 bits per heavy atom. The van der Waals surface area contributed by atoms with Gasteiger partial charge in [0, 0.05) is 11.4 Å². The van der Waals surface area contributed by atoms with Crippen LogP contribution in [0.5, 0.6) is 0 Å². The Morgan fingerprint density at radius 3 is 2.39 bits per heavy atom. The van der Waals surface area contributed by atoms with E-state index in [9.17, 15) is 14.7 Å². The molecule has 1 heterocycles. The van der Waals surface area contributed by atoms with Crippen molar-refractivity contribution in [3.8, 4) is 0 Å². The number of carboxylic acid groups (broad SMARTS) is 1. The summed E-state index contributed by atoms with van der Waals surface area (Å²) in [5, 5.41) is 10.4. The predicted molar refractivity (Wildman–Crippen MR) is 107 cm³/mol. The molecule has 1 unspecified atom stereocenters. The number of furan rings is 1. The lowest BCUT2D eigenvalue weighted by Gasteiger charge is -2.29. The second-order valence-corrected chi connectivity index (χ2v) is 7.02. The normalized spacial score (nSPS) is 11.8. The first-order valence-corrected chi connectivity index (χ1v) is 9.26. The number of carbonyl (C=O) groups is 2. The van der Waals surface area contributed by atoms with E-state index in [0.717, 1.165) is 5.56 Å². The zero-order valence-electron chi connectivity index (χ0n) is 14.7. The first-order valence-electron chi connectivity index (χ1n) is 8.51. The number of amides is 1. The molecule has 0 radical (unpaired) electrons. The van der Waals surface area contributed by atoms with Crippen LogP contribution in [0.2, 0.25) is 10.0 Å². The number of rotatable bonds is 7. The average Bonchev–Trinajstić information content (AvgIpc) is 3.18. The first kappa shape index (κ1) is 20.0. The van der Waals surface area contributed by atoms with E-state index in [0.29, 0.717) is 10.8 Å². The van der Waals surface area contributed by atoms with E-state index in [-0.39, 0.29) is 23.6 Å². The van der Waals surface area contributed by atoms with Crippen LogP contribution in [0.3, 0.4) is 0 Å². The monoisotopic (exact) mass is 417 g/mol. The van der Waals surface area contributed by atoms with Gasteiger partial charge in [-0.3, -0.25) is 4.79 Å². The first-order chi connectivity index (χ1) is 13.5. The Labute approximate surface area is 172 Å². The molecule has 0 spiro atoms. The van der Waals surface area contributed by atoms with Gasteiger partial charge in [0.2, 0.25) is 0 Å². The molecule has 0 bridgehead atoms. The Balaban J connectivity index is 1.98. The number of benzene rings is 2. The quantitative estimate of drug-likeness (QED) is 0.591. The van der Waals surface area contributed by atoms with E-state index in [1.807, 2.05) is 30.3 Å². The summed E-state index contributed by atoms with van der Waals surface area (Å²) < 4.78 is 5.34. The minimum atomic E-state index is -1.12. The fraction of sp³-hybridized carbons (Fsp3) is 0.143. The van der Waals surface area contributed by atoms with Gasteiger partial charge in [-0.15, -0.1) is 0 Å². The molecular weight excluding hydrogens is 401 g/mol. The van der Waals surface area contributed by atoms with Crippen molar-refractivity contribution >= 4 is 35.1 Å². The fourth-order valence-corrected chi connectivity index (χ4v) is 3.37.